The van der Waals surface area contributed by atoms with Gasteiger partial charge in [-0.05, 0) is 79.0 Å². The van der Waals surface area contributed by atoms with Crippen molar-refractivity contribution in [2.75, 3.05) is 18.5 Å². The molecule has 3 aromatic rings. The van der Waals surface area contributed by atoms with Gasteiger partial charge in [0.1, 0.15) is 5.75 Å². The van der Waals surface area contributed by atoms with Gasteiger partial charge in [0, 0.05) is 39.7 Å². The molecule has 4 aliphatic rings. The van der Waals surface area contributed by atoms with Crippen LogP contribution in [0.5, 0.6) is 5.75 Å². The van der Waals surface area contributed by atoms with Gasteiger partial charge >= 0.3 is 10.8 Å². The van der Waals surface area contributed by atoms with Crippen LogP contribution in [0.25, 0.3) is 0 Å². The van der Waals surface area contributed by atoms with Gasteiger partial charge in [0.05, 0.1) is 16.9 Å². The van der Waals surface area contributed by atoms with Crippen molar-refractivity contribution in [1.82, 2.24) is 9.88 Å². The topological polar surface area (TPSA) is 146 Å². The smallest absolute Gasteiger partial charge is 0.305 e. The lowest BCUT2D eigenvalue weighted by Gasteiger charge is -2.43. The van der Waals surface area contributed by atoms with Crippen molar-refractivity contribution >= 4 is 64.1 Å². The lowest BCUT2D eigenvalue weighted by Crippen LogP contribution is -2.42. The first-order valence-electron chi connectivity index (χ1n) is 15.4. The normalized spacial score (nSPS) is 27.3. The number of thiazole rings is 1. The third kappa shape index (κ3) is 5.64. The van der Waals surface area contributed by atoms with Crippen LogP contribution in [0.4, 0.5) is 5.69 Å². The number of imide groups is 1. The first-order valence-corrected chi connectivity index (χ1v) is 17.5. The third-order valence-corrected chi connectivity index (χ3v) is 12.7. The quantitative estimate of drug-likeness (QED) is 0.184. The zero-order chi connectivity index (χ0) is 32.1. The number of ether oxygens (including phenoxy) is 1. The van der Waals surface area contributed by atoms with Crippen molar-refractivity contribution in [2.45, 2.75) is 48.3 Å². The van der Waals surface area contributed by atoms with Crippen molar-refractivity contribution in [3.63, 3.8) is 0 Å². The van der Waals surface area contributed by atoms with Crippen LogP contribution in [0.15, 0.2) is 58.4 Å². The number of unbranched alkanes of at least 4 members (excludes halogenated alkanes) is 2. The fourth-order valence-electron chi connectivity index (χ4n) is 8.05. The van der Waals surface area contributed by atoms with E-state index < -0.39 is 5.97 Å². The Labute approximate surface area is 277 Å². The van der Waals surface area contributed by atoms with Crippen LogP contribution < -0.4 is 14.9 Å². The molecule has 10 nitrogen and oxygen atoms in total. The summed E-state index contributed by atoms with van der Waals surface area (Å²) in [5.41, 5.74) is 1.62. The molecule has 2 aliphatic heterocycles. The van der Waals surface area contributed by atoms with Gasteiger partial charge in [-0.2, -0.15) is 0 Å². The Morgan fingerprint density at radius 2 is 1.70 bits per heavy atom. The zero-order valence-corrected chi connectivity index (χ0v) is 27.0. The van der Waals surface area contributed by atoms with Gasteiger partial charge in [-0.1, -0.05) is 41.5 Å². The molecule has 7 atom stereocenters. The van der Waals surface area contributed by atoms with Gasteiger partial charge in [-0.25, -0.2) is 0 Å². The number of aliphatic carboxylic acids is 1. The molecule has 3 amide bonds. The standard InChI is InChI=1S/C33H32ClN3O7S2/c34-17-7-9-18(10-8-17)35-22(38)15-44-19-11-5-16(6-12-19)24-25-20-14-21(28(25)45-30-29(24)46-33(43)36-30)27-26(20)31(41)37(32(27)42)13-3-1-2-4-23(39)40/h5-12,20-21,24-28H,1-4,13-15H2,(H,35,38)(H,36,43)(H,39,40)/t20?,21?,24-,25?,26?,27?,28?/m1/s1. The summed E-state index contributed by atoms with van der Waals surface area (Å²) in [6, 6.07) is 14.4. The van der Waals surface area contributed by atoms with Crippen LogP contribution in [-0.4, -0.2) is 57.1 Å². The van der Waals surface area contributed by atoms with Crippen LogP contribution in [-0.2, 0) is 19.2 Å². The molecule has 46 heavy (non-hydrogen) atoms. The Morgan fingerprint density at radius 1 is 0.978 bits per heavy atom. The maximum absolute atomic E-state index is 13.7. The van der Waals surface area contributed by atoms with E-state index in [0.717, 1.165) is 21.9 Å². The number of hydrogen-bond donors (Lipinski definition) is 3. The molecule has 2 saturated carbocycles. The van der Waals surface area contributed by atoms with Crippen molar-refractivity contribution < 1.29 is 29.0 Å². The zero-order valence-electron chi connectivity index (χ0n) is 24.6. The second-order valence-corrected chi connectivity index (χ2v) is 15.0. The Morgan fingerprint density at radius 3 is 2.41 bits per heavy atom. The molecule has 0 spiro atoms. The molecule has 3 fully saturated rings. The second-order valence-electron chi connectivity index (χ2n) is 12.4. The van der Waals surface area contributed by atoms with Gasteiger partial charge in [0.25, 0.3) is 5.91 Å². The van der Waals surface area contributed by atoms with Crippen LogP contribution in [0.3, 0.4) is 0 Å². The third-order valence-electron chi connectivity index (χ3n) is 9.82. The first kappa shape index (κ1) is 31.0. The number of fused-ring (bicyclic) bond motifs is 9. The minimum absolute atomic E-state index is 0.0174. The van der Waals surface area contributed by atoms with Gasteiger partial charge in [-0.3, -0.25) is 28.9 Å². The molecule has 3 heterocycles. The number of anilines is 1. The molecule has 7 rings (SSSR count). The van der Waals surface area contributed by atoms with Crippen molar-refractivity contribution in [1.29, 1.82) is 0 Å². The number of H-pyrrole nitrogens is 1. The number of carbonyl (C=O) groups is 4. The van der Waals surface area contributed by atoms with E-state index in [1.807, 2.05) is 24.3 Å². The summed E-state index contributed by atoms with van der Waals surface area (Å²) in [6.45, 7) is 0.158. The van der Waals surface area contributed by atoms with Crippen LogP contribution in [0.2, 0.25) is 5.02 Å². The first-order chi connectivity index (χ1) is 22.2. The molecule has 2 aliphatic carbocycles. The summed E-state index contributed by atoms with van der Waals surface area (Å²) >= 11 is 8.76. The molecule has 2 bridgehead atoms. The number of amides is 3. The fraction of sp³-hybridized carbons (Fsp3) is 0.424. The molecule has 3 N–H and O–H groups in total. The molecule has 240 valence electrons. The second kappa shape index (κ2) is 12.5. The summed E-state index contributed by atoms with van der Waals surface area (Å²) < 4.78 is 5.76. The maximum atomic E-state index is 13.7. The number of halogens is 1. The number of aromatic nitrogens is 1. The number of carboxylic acids is 1. The highest BCUT2D eigenvalue weighted by Gasteiger charge is 2.69. The summed E-state index contributed by atoms with van der Waals surface area (Å²) in [6.07, 6.45) is 2.65. The Hall–Kier alpha value is -3.61. The van der Waals surface area contributed by atoms with Gasteiger partial charge in [0.15, 0.2) is 6.61 Å². The summed E-state index contributed by atoms with van der Waals surface area (Å²) in [5, 5.41) is 13.2. The SMILES string of the molecule is O=C(O)CCCCCN1C(=O)C2C3CC(C2C1=O)C1C3Sc2[nH]c(=O)sc2[C@@H]1c1ccc(OCC(=O)Nc2ccc(Cl)cc2)cc1. The van der Waals surface area contributed by atoms with Crippen LogP contribution >= 0.6 is 34.7 Å². The number of carbonyl (C=O) groups excluding carboxylic acids is 3. The lowest BCUT2D eigenvalue weighted by atomic mass is 9.68. The largest absolute Gasteiger partial charge is 0.484 e. The number of carboxylic acid groups (broad SMARTS) is 1. The Balaban J connectivity index is 1.07. The molecule has 1 saturated heterocycles. The lowest BCUT2D eigenvalue weighted by molar-refractivity contribution is -0.141. The molecule has 2 aromatic carbocycles. The van der Waals surface area contributed by atoms with E-state index in [2.05, 4.69) is 10.3 Å². The molecular weight excluding hydrogens is 650 g/mol. The molecule has 0 radical (unpaired) electrons. The Kier molecular flexibility index (Phi) is 8.45. The number of likely N-dealkylation sites (tertiary alicyclic amines) is 1. The van der Waals surface area contributed by atoms with Gasteiger partial charge in [0.2, 0.25) is 11.8 Å². The molecule has 1 aromatic heterocycles. The monoisotopic (exact) mass is 681 g/mol. The maximum Gasteiger partial charge on any atom is 0.305 e. The summed E-state index contributed by atoms with van der Waals surface area (Å²) in [4.78, 5) is 68.4. The average Bonchev–Trinajstić information content (AvgIpc) is 3.77. The van der Waals surface area contributed by atoms with Crippen LogP contribution in [0.1, 0.15) is 48.5 Å². The van der Waals surface area contributed by atoms with E-state index in [4.69, 9.17) is 21.4 Å². The van der Waals surface area contributed by atoms with Crippen LogP contribution in [0, 0.1) is 29.6 Å². The molecule has 6 unspecified atom stereocenters. The minimum atomic E-state index is -0.844. The number of hydrogen-bond acceptors (Lipinski definition) is 8. The summed E-state index contributed by atoms with van der Waals surface area (Å²) in [7, 11) is 0. The van der Waals surface area contributed by atoms with Gasteiger partial charge in [-0.15, -0.1) is 11.8 Å². The highest BCUT2D eigenvalue weighted by molar-refractivity contribution is 8.00. The number of benzene rings is 2. The number of rotatable bonds is 11. The van der Waals surface area contributed by atoms with Crippen molar-refractivity contribution in [3.8, 4) is 5.75 Å². The van der Waals surface area contributed by atoms with E-state index >= 15 is 0 Å². The van der Waals surface area contributed by atoms with Gasteiger partial charge < -0.3 is 20.1 Å². The predicted octanol–water partition coefficient (Wildman–Crippen LogP) is 5.23. The number of thioether (sulfide) groups is 1. The average molecular weight is 682 g/mol. The molecule has 13 heteroatoms. The van der Waals surface area contributed by atoms with E-state index in [-0.39, 0.29) is 76.4 Å². The minimum Gasteiger partial charge on any atom is -0.484 e. The fourth-order valence-corrected chi connectivity index (χ4v) is 11.1. The number of nitrogens with one attached hydrogen (secondary N) is 2. The van der Waals surface area contributed by atoms with E-state index in [1.165, 1.54) is 16.2 Å². The van der Waals surface area contributed by atoms with E-state index in [1.54, 1.807) is 36.0 Å². The summed E-state index contributed by atoms with van der Waals surface area (Å²) in [5.74, 6) is -1.49. The van der Waals surface area contributed by atoms with Crippen molar-refractivity contribution in [3.05, 3.63) is 73.7 Å². The predicted molar refractivity (Wildman–Crippen MR) is 173 cm³/mol. The molecular formula is C33H32ClN3O7S2. The highest BCUT2D eigenvalue weighted by Crippen LogP contribution is 2.68. The highest BCUT2D eigenvalue weighted by atomic mass is 35.5. The number of nitrogens with zero attached hydrogens (tertiary/aromatic N) is 1. The van der Waals surface area contributed by atoms with Crippen molar-refractivity contribution in [2.24, 2.45) is 29.6 Å². The Bertz CT molecular complexity index is 1740. The van der Waals surface area contributed by atoms with E-state index in [9.17, 15) is 24.0 Å². The van der Waals surface area contributed by atoms with E-state index in [0.29, 0.717) is 42.3 Å². The number of aromatic amines is 1.